The molecule has 1 N–H and O–H groups in total. The van der Waals surface area contributed by atoms with Crippen molar-refractivity contribution in [1.29, 1.82) is 0 Å². The van der Waals surface area contributed by atoms with E-state index >= 15 is 0 Å². The fourth-order valence-electron chi connectivity index (χ4n) is 3.32. The quantitative estimate of drug-likeness (QED) is 0.826. The average molecular weight is 400 g/mol. The first kappa shape index (κ1) is 20.3. The molecule has 1 fully saturated rings. The molecule has 0 aliphatic carbocycles. The van der Waals surface area contributed by atoms with E-state index in [2.05, 4.69) is 0 Å². The van der Waals surface area contributed by atoms with Crippen molar-refractivity contribution in [2.24, 2.45) is 0 Å². The highest BCUT2D eigenvalue weighted by Crippen LogP contribution is 2.38. The summed E-state index contributed by atoms with van der Waals surface area (Å²) in [5.74, 6) is 0.757. The second-order valence-corrected chi connectivity index (χ2v) is 6.52. The molecule has 154 valence electrons. The molecule has 0 saturated carbocycles. The molecule has 1 heterocycles. The Morgan fingerprint density at radius 2 is 1.34 bits per heavy atom. The van der Waals surface area contributed by atoms with Gasteiger partial charge in [-0.15, -0.1) is 0 Å². The SMILES string of the molecule is COc1cc(C(=O)N2CCN(C(=O)c3ccccc3O)CC2)cc(OC)c1OC. The van der Waals surface area contributed by atoms with Gasteiger partial charge in [-0.05, 0) is 24.3 Å². The Bertz CT molecular complexity index is 881. The number of phenols is 1. The number of amides is 2. The number of aromatic hydroxyl groups is 1. The van der Waals surface area contributed by atoms with Crippen LogP contribution in [0.3, 0.4) is 0 Å². The van der Waals surface area contributed by atoms with E-state index in [-0.39, 0.29) is 23.1 Å². The van der Waals surface area contributed by atoms with Crippen molar-refractivity contribution >= 4 is 11.8 Å². The van der Waals surface area contributed by atoms with Gasteiger partial charge in [-0.25, -0.2) is 0 Å². The molecule has 0 radical (unpaired) electrons. The van der Waals surface area contributed by atoms with Gasteiger partial charge in [-0.1, -0.05) is 12.1 Å². The van der Waals surface area contributed by atoms with Gasteiger partial charge in [-0.2, -0.15) is 0 Å². The number of benzene rings is 2. The predicted octanol–water partition coefficient (Wildman–Crippen LogP) is 2.02. The van der Waals surface area contributed by atoms with Crippen LogP contribution in [0.15, 0.2) is 36.4 Å². The second-order valence-electron chi connectivity index (χ2n) is 6.52. The lowest BCUT2D eigenvalue weighted by Gasteiger charge is -2.35. The highest BCUT2D eigenvalue weighted by atomic mass is 16.5. The summed E-state index contributed by atoms with van der Waals surface area (Å²) in [6.45, 7) is 1.52. The van der Waals surface area contributed by atoms with Crippen LogP contribution in [-0.2, 0) is 0 Å². The first-order chi connectivity index (χ1) is 14.0. The Kier molecular flexibility index (Phi) is 6.11. The third-order valence-electron chi connectivity index (χ3n) is 4.90. The summed E-state index contributed by atoms with van der Waals surface area (Å²) in [5.41, 5.74) is 0.678. The Morgan fingerprint density at radius 1 is 0.828 bits per heavy atom. The van der Waals surface area contributed by atoms with Gasteiger partial charge in [0.05, 0.1) is 26.9 Å². The molecule has 2 aromatic rings. The number of carbonyl (C=O) groups is 2. The van der Waals surface area contributed by atoms with Gasteiger partial charge in [0, 0.05) is 31.7 Å². The van der Waals surface area contributed by atoms with Crippen molar-refractivity contribution < 1.29 is 28.9 Å². The number of ether oxygens (including phenoxy) is 3. The molecule has 1 aliphatic heterocycles. The zero-order chi connectivity index (χ0) is 21.0. The minimum Gasteiger partial charge on any atom is -0.507 e. The third kappa shape index (κ3) is 4.06. The molecular formula is C21H24N2O6. The lowest BCUT2D eigenvalue weighted by molar-refractivity contribution is 0.0533. The van der Waals surface area contributed by atoms with Crippen LogP contribution < -0.4 is 14.2 Å². The van der Waals surface area contributed by atoms with Crippen molar-refractivity contribution in [3.05, 3.63) is 47.5 Å². The number of methoxy groups -OCH3 is 3. The monoisotopic (exact) mass is 400 g/mol. The van der Waals surface area contributed by atoms with E-state index in [4.69, 9.17) is 14.2 Å². The van der Waals surface area contributed by atoms with Crippen molar-refractivity contribution in [3.8, 4) is 23.0 Å². The topological polar surface area (TPSA) is 88.5 Å². The standard InChI is InChI=1S/C21H24N2O6/c1-27-17-12-14(13-18(28-2)19(17)29-3)20(25)22-8-10-23(11-9-22)21(26)15-6-4-5-7-16(15)24/h4-7,12-13,24H,8-11H2,1-3H3. The summed E-state index contributed by atoms with van der Waals surface area (Å²) in [6, 6.07) is 9.67. The average Bonchev–Trinajstić information content (AvgIpc) is 2.77. The maximum atomic E-state index is 13.0. The van der Waals surface area contributed by atoms with Crippen LogP contribution >= 0.6 is 0 Å². The number of hydrogen-bond acceptors (Lipinski definition) is 6. The first-order valence-electron chi connectivity index (χ1n) is 9.16. The van der Waals surface area contributed by atoms with Crippen molar-refractivity contribution in [1.82, 2.24) is 9.80 Å². The summed E-state index contributed by atoms with van der Waals surface area (Å²) in [4.78, 5) is 28.9. The van der Waals surface area contributed by atoms with Crippen LogP contribution in [-0.4, -0.2) is 74.2 Å². The van der Waals surface area contributed by atoms with Crippen molar-refractivity contribution in [3.63, 3.8) is 0 Å². The molecule has 3 rings (SSSR count). The Labute approximate surface area is 169 Å². The zero-order valence-corrected chi connectivity index (χ0v) is 16.7. The van der Waals surface area contributed by atoms with E-state index in [0.717, 1.165) is 0 Å². The maximum absolute atomic E-state index is 13.0. The fourth-order valence-corrected chi connectivity index (χ4v) is 3.32. The zero-order valence-electron chi connectivity index (χ0n) is 16.7. The largest absolute Gasteiger partial charge is 0.507 e. The number of hydrogen-bond donors (Lipinski definition) is 1. The molecular weight excluding hydrogens is 376 g/mol. The van der Waals surface area contributed by atoms with E-state index < -0.39 is 0 Å². The van der Waals surface area contributed by atoms with E-state index in [1.165, 1.54) is 27.4 Å². The van der Waals surface area contributed by atoms with Crippen LogP contribution in [0.2, 0.25) is 0 Å². The lowest BCUT2D eigenvalue weighted by atomic mass is 10.1. The van der Waals surface area contributed by atoms with E-state index in [0.29, 0.717) is 49.0 Å². The van der Waals surface area contributed by atoms with E-state index in [1.807, 2.05) is 0 Å². The molecule has 29 heavy (non-hydrogen) atoms. The van der Waals surface area contributed by atoms with Crippen LogP contribution in [0.4, 0.5) is 0 Å². The van der Waals surface area contributed by atoms with Gasteiger partial charge in [-0.3, -0.25) is 9.59 Å². The minimum absolute atomic E-state index is 0.0478. The Balaban J connectivity index is 1.72. The minimum atomic E-state index is -0.247. The fraction of sp³-hybridized carbons (Fsp3) is 0.333. The molecule has 8 nitrogen and oxygen atoms in total. The van der Waals surface area contributed by atoms with Crippen LogP contribution in [0.1, 0.15) is 20.7 Å². The molecule has 0 spiro atoms. The van der Waals surface area contributed by atoms with E-state index in [1.54, 1.807) is 40.1 Å². The normalized spacial score (nSPS) is 13.8. The number of carbonyl (C=O) groups excluding carboxylic acids is 2. The van der Waals surface area contributed by atoms with Gasteiger partial charge in [0.1, 0.15) is 5.75 Å². The summed E-state index contributed by atoms with van der Waals surface area (Å²) >= 11 is 0. The molecule has 0 atom stereocenters. The van der Waals surface area contributed by atoms with Gasteiger partial charge < -0.3 is 29.1 Å². The summed E-state index contributed by atoms with van der Waals surface area (Å²) < 4.78 is 15.9. The molecule has 2 aromatic carbocycles. The molecule has 0 unspecified atom stereocenters. The number of piperazine rings is 1. The van der Waals surface area contributed by atoms with Crippen LogP contribution in [0.5, 0.6) is 23.0 Å². The van der Waals surface area contributed by atoms with Gasteiger partial charge in [0.15, 0.2) is 11.5 Å². The highest BCUT2D eigenvalue weighted by Gasteiger charge is 2.27. The van der Waals surface area contributed by atoms with Crippen LogP contribution in [0.25, 0.3) is 0 Å². The predicted molar refractivity (Wildman–Crippen MR) is 106 cm³/mol. The van der Waals surface area contributed by atoms with Crippen LogP contribution in [0, 0.1) is 0 Å². The van der Waals surface area contributed by atoms with Gasteiger partial charge in [0.25, 0.3) is 11.8 Å². The molecule has 1 saturated heterocycles. The van der Waals surface area contributed by atoms with Gasteiger partial charge in [0.2, 0.25) is 5.75 Å². The maximum Gasteiger partial charge on any atom is 0.257 e. The van der Waals surface area contributed by atoms with Gasteiger partial charge >= 0.3 is 0 Å². The highest BCUT2D eigenvalue weighted by molar-refractivity contribution is 5.98. The second kappa shape index (κ2) is 8.72. The summed E-state index contributed by atoms with van der Waals surface area (Å²) in [7, 11) is 4.49. The first-order valence-corrected chi connectivity index (χ1v) is 9.16. The Morgan fingerprint density at radius 3 is 1.83 bits per heavy atom. The molecule has 1 aliphatic rings. The lowest BCUT2D eigenvalue weighted by Crippen LogP contribution is -2.50. The third-order valence-corrected chi connectivity index (χ3v) is 4.90. The number of rotatable bonds is 5. The molecule has 0 bridgehead atoms. The Hall–Kier alpha value is -3.42. The molecule has 0 aromatic heterocycles. The molecule has 2 amide bonds. The van der Waals surface area contributed by atoms with Crippen molar-refractivity contribution in [2.75, 3.05) is 47.5 Å². The number of nitrogens with zero attached hydrogens (tertiary/aromatic N) is 2. The van der Waals surface area contributed by atoms with Crippen molar-refractivity contribution in [2.45, 2.75) is 0 Å². The summed E-state index contributed by atoms with van der Waals surface area (Å²) in [6.07, 6.45) is 0. The summed E-state index contributed by atoms with van der Waals surface area (Å²) in [5, 5.41) is 9.90. The van der Waals surface area contributed by atoms with E-state index in [9.17, 15) is 14.7 Å². The number of para-hydroxylation sites is 1. The number of phenolic OH excluding ortho intramolecular Hbond substituents is 1. The smallest absolute Gasteiger partial charge is 0.257 e. The molecule has 8 heteroatoms.